The van der Waals surface area contributed by atoms with Gasteiger partial charge in [0.15, 0.2) is 11.5 Å². The zero-order chi connectivity index (χ0) is 24.0. The average molecular weight is 470 g/mol. The van der Waals surface area contributed by atoms with Crippen molar-refractivity contribution in [3.63, 3.8) is 0 Å². The van der Waals surface area contributed by atoms with Crippen molar-refractivity contribution < 1.29 is 20.5 Å². The first-order chi connectivity index (χ1) is 17.0. The summed E-state index contributed by atoms with van der Waals surface area (Å²) >= 11 is 0. The summed E-state index contributed by atoms with van der Waals surface area (Å²) in [6.07, 6.45) is 5.47. The lowest BCUT2D eigenvalue weighted by Crippen LogP contribution is -2.39. The number of ether oxygens (including phenoxy) is 2. The summed E-state index contributed by atoms with van der Waals surface area (Å²) in [5.41, 5.74) is 5.59. The minimum absolute atomic E-state index is 0. The second-order valence-electron chi connectivity index (χ2n) is 10.1. The standard InChI is InChI=1S/C30H29NO4.H2/c1-19-5-6-20(15-25(19)21-7-9-22(10-8-21)29(33)31-24-3-2-4-24)16-28(32)30(13-14-30)23-11-12-26-27(17-23)35-18-34-26;/h5-12,15,17,24H,2-4,13-14,16,18H2,1H3,(H,31,33);1H. The van der Waals surface area contributed by atoms with Gasteiger partial charge in [0.05, 0.1) is 5.41 Å². The Balaban J connectivity index is 0.00000267. The smallest absolute Gasteiger partial charge is 0.251 e. The zero-order valence-corrected chi connectivity index (χ0v) is 19.9. The van der Waals surface area contributed by atoms with Gasteiger partial charge in [0, 0.05) is 19.5 Å². The van der Waals surface area contributed by atoms with Crippen LogP contribution in [0.5, 0.6) is 11.5 Å². The van der Waals surface area contributed by atoms with Crippen LogP contribution in [0.1, 0.15) is 60.6 Å². The molecule has 0 spiro atoms. The molecule has 5 nitrogen and oxygen atoms in total. The summed E-state index contributed by atoms with van der Waals surface area (Å²) in [7, 11) is 0. The number of aryl methyl sites for hydroxylation is 1. The van der Waals surface area contributed by atoms with Crippen molar-refractivity contribution in [3.05, 3.63) is 82.9 Å². The Kier molecular flexibility index (Phi) is 5.36. The number of amides is 1. The number of benzene rings is 3. The molecular weight excluding hydrogens is 438 g/mol. The average Bonchev–Trinajstić information content (AvgIpc) is 3.53. The molecule has 35 heavy (non-hydrogen) atoms. The van der Waals surface area contributed by atoms with E-state index in [1.165, 1.54) is 6.42 Å². The maximum atomic E-state index is 13.5. The van der Waals surface area contributed by atoms with Crippen molar-refractivity contribution in [1.29, 1.82) is 0 Å². The quantitative estimate of drug-likeness (QED) is 0.478. The van der Waals surface area contributed by atoms with E-state index in [0.29, 0.717) is 18.0 Å². The lowest BCUT2D eigenvalue weighted by atomic mass is 9.87. The zero-order valence-electron chi connectivity index (χ0n) is 19.9. The molecule has 1 N–H and O–H groups in total. The number of carbonyl (C=O) groups excluding carboxylic acids is 2. The highest BCUT2D eigenvalue weighted by Gasteiger charge is 2.50. The van der Waals surface area contributed by atoms with Gasteiger partial charge in [0.1, 0.15) is 5.78 Å². The predicted octanol–water partition coefficient (Wildman–Crippen LogP) is 5.76. The Morgan fingerprint density at radius 2 is 1.74 bits per heavy atom. The van der Waals surface area contributed by atoms with Crippen LogP contribution in [0.2, 0.25) is 0 Å². The van der Waals surface area contributed by atoms with E-state index in [0.717, 1.165) is 65.0 Å². The summed E-state index contributed by atoms with van der Waals surface area (Å²) in [6.45, 7) is 2.31. The van der Waals surface area contributed by atoms with Gasteiger partial charge in [-0.3, -0.25) is 9.59 Å². The van der Waals surface area contributed by atoms with E-state index in [2.05, 4.69) is 24.4 Å². The maximum Gasteiger partial charge on any atom is 0.251 e. The number of nitrogens with one attached hydrogen (secondary N) is 1. The van der Waals surface area contributed by atoms with Gasteiger partial charge < -0.3 is 14.8 Å². The van der Waals surface area contributed by atoms with E-state index < -0.39 is 5.41 Å². The van der Waals surface area contributed by atoms with Crippen molar-refractivity contribution in [2.75, 3.05) is 6.79 Å². The third kappa shape index (κ3) is 4.09. The van der Waals surface area contributed by atoms with E-state index >= 15 is 0 Å². The van der Waals surface area contributed by atoms with Crippen molar-refractivity contribution in [2.24, 2.45) is 0 Å². The van der Waals surface area contributed by atoms with Crippen LogP contribution in [0.4, 0.5) is 0 Å². The van der Waals surface area contributed by atoms with Crippen molar-refractivity contribution >= 4 is 11.7 Å². The number of hydrogen-bond donors (Lipinski definition) is 1. The molecule has 5 heteroatoms. The molecule has 3 aliphatic rings. The van der Waals surface area contributed by atoms with Crippen LogP contribution in [-0.2, 0) is 16.6 Å². The molecule has 1 aliphatic heterocycles. The van der Waals surface area contributed by atoms with Gasteiger partial charge in [-0.1, -0.05) is 36.4 Å². The number of carbonyl (C=O) groups is 2. The molecule has 2 saturated carbocycles. The number of hydrogen-bond acceptors (Lipinski definition) is 4. The molecule has 0 saturated heterocycles. The molecule has 2 fully saturated rings. The van der Waals surface area contributed by atoms with Gasteiger partial charge in [-0.15, -0.1) is 0 Å². The highest BCUT2D eigenvalue weighted by molar-refractivity contribution is 5.96. The Labute approximate surface area is 206 Å². The second kappa shape index (κ2) is 8.56. The number of fused-ring (bicyclic) bond motifs is 1. The summed E-state index contributed by atoms with van der Waals surface area (Å²) in [4.78, 5) is 25.9. The fourth-order valence-corrected chi connectivity index (χ4v) is 5.11. The van der Waals surface area contributed by atoms with E-state index in [1.54, 1.807) is 0 Å². The molecule has 0 radical (unpaired) electrons. The van der Waals surface area contributed by atoms with Crippen LogP contribution in [-0.4, -0.2) is 24.5 Å². The number of Topliss-reactive ketones (excluding diaryl/α,β-unsaturated/α-hetero) is 1. The third-order valence-corrected chi connectivity index (χ3v) is 7.77. The Hall–Kier alpha value is -3.60. The summed E-state index contributed by atoms with van der Waals surface area (Å²) in [5.74, 6) is 1.71. The van der Waals surface area contributed by atoms with Crippen LogP contribution < -0.4 is 14.8 Å². The molecule has 180 valence electrons. The van der Waals surface area contributed by atoms with Gasteiger partial charge >= 0.3 is 0 Å². The summed E-state index contributed by atoms with van der Waals surface area (Å²) in [6, 6.07) is 20.2. The van der Waals surface area contributed by atoms with Crippen molar-refractivity contribution in [1.82, 2.24) is 5.32 Å². The highest BCUT2D eigenvalue weighted by atomic mass is 16.7. The molecule has 2 aliphatic carbocycles. The molecule has 0 bridgehead atoms. The number of rotatable bonds is 7. The van der Waals surface area contributed by atoms with Crippen molar-refractivity contribution in [3.8, 4) is 22.6 Å². The normalized spacial score (nSPS) is 17.5. The van der Waals surface area contributed by atoms with Crippen LogP contribution in [0.15, 0.2) is 60.7 Å². The summed E-state index contributed by atoms with van der Waals surface area (Å²) < 4.78 is 11.0. The van der Waals surface area contributed by atoms with E-state index in [9.17, 15) is 9.59 Å². The molecule has 6 rings (SSSR count). The minimum atomic E-state index is -0.415. The molecule has 1 heterocycles. The predicted molar refractivity (Wildman–Crippen MR) is 136 cm³/mol. The number of ketones is 1. The lowest BCUT2D eigenvalue weighted by molar-refractivity contribution is -0.120. The monoisotopic (exact) mass is 469 g/mol. The topological polar surface area (TPSA) is 64.6 Å². The van der Waals surface area contributed by atoms with Crippen LogP contribution in [0.25, 0.3) is 11.1 Å². The van der Waals surface area contributed by atoms with E-state index in [4.69, 9.17) is 9.47 Å². The first kappa shape index (κ1) is 21.9. The molecule has 3 aromatic rings. The molecule has 0 unspecified atom stereocenters. The van der Waals surface area contributed by atoms with Crippen molar-refractivity contribution in [2.45, 2.75) is 56.9 Å². The maximum absolute atomic E-state index is 13.5. The van der Waals surface area contributed by atoms with E-state index in [1.807, 2.05) is 48.5 Å². The Bertz CT molecular complexity index is 1310. The Morgan fingerprint density at radius 3 is 2.46 bits per heavy atom. The molecule has 1 amide bonds. The fraction of sp³-hybridized carbons (Fsp3) is 0.333. The van der Waals surface area contributed by atoms with Crippen LogP contribution in [0.3, 0.4) is 0 Å². The molecule has 0 aromatic heterocycles. The molecule has 3 aromatic carbocycles. The fourth-order valence-electron chi connectivity index (χ4n) is 5.11. The van der Waals surface area contributed by atoms with Gasteiger partial charge in [-0.05, 0) is 91.1 Å². The molecule has 0 atom stereocenters. The second-order valence-corrected chi connectivity index (χ2v) is 10.1. The highest BCUT2D eigenvalue weighted by Crippen LogP contribution is 2.51. The van der Waals surface area contributed by atoms with Gasteiger partial charge in [0.2, 0.25) is 6.79 Å². The summed E-state index contributed by atoms with van der Waals surface area (Å²) in [5, 5.41) is 3.09. The first-order valence-electron chi connectivity index (χ1n) is 12.5. The first-order valence-corrected chi connectivity index (χ1v) is 12.5. The largest absolute Gasteiger partial charge is 0.454 e. The Morgan fingerprint density at radius 1 is 0.971 bits per heavy atom. The third-order valence-electron chi connectivity index (χ3n) is 7.77. The SMILES string of the molecule is Cc1ccc(CC(=O)C2(c3ccc4c(c3)OCO4)CC2)cc1-c1ccc(C(=O)NC2CCC2)cc1.[HH]. The van der Waals surface area contributed by atoms with Crippen LogP contribution in [0, 0.1) is 6.92 Å². The van der Waals surface area contributed by atoms with Gasteiger partial charge in [-0.25, -0.2) is 0 Å². The van der Waals surface area contributed by atoms with E-state index in [-0.39, 0.29) is 19.9 Å². The molecular formula is C30H31NO4. The van der Waals surface area contributed by atoms with Gasteiger partial charge in [-0.2, -0.15) is 0 Å². The van der Waals surface area contributed by atoms with Crippen LogP contribution >= 0.6 is 0 Å². The lowest BCUT2D eigenvalue weighted by Gasteiger charge is -2.26. The van der Waals surface area contributed by atoms with Gasteiger partial charge in [0.25, 0.3) is 5.91 Å². The minimum Gasteiger partial charge on any atom is -0.454 e.